The van der Waals surface area contributed by atoms with Crippen LogP contribution in [0.5, 0.6) is 0 Å². The van der Waals surface area contributed by atoms with Gasteiger partial charge < -0.3 is 5.11 Å². The van der Waals surface area contributed by atoms with E-state index in [2.05, 4.69) is 5.10 Å². The van der Waals surface area contributed by atoms with Crippen LogP contribution in [0.1, 0.15) is 19.7 Å². The molecular formula is C7H13N3O2. The fraction of sp³-hybridized carbons (Fsp3) is 0.714. The van der Waals surface area contributed by atoms with E-state index in [4.69, 9.17) is 5.11 Å². The summed E-state index contributed by atoms with van der Waals surface area (Å²) >= 11 is 0. The van der Waals surface area contributed by atoms with Gasteiger partial charge in [0.2, 0.25) is 0 Å². The Kier molecular flexibility index (Phi) is 2.65. The van der Waals surface area contributed by atoms with Crippen molar-refractivity contribution in [3.8, 4) is 0 Å². The standard InChI is InChI=1S/C7H13N3O2/c1-3-9-6(5-11)8-10(4-2)7(9)12/h11H,3-5H2,1-2H3. The maximum Gasteiger partial charge on any atom is 0.345 e. The van der Waals surface area contributed by atoms with Crippen molar-refractivity contribution in [2.45, 2.75) is 33.5 Å². The van der Waals surface area contributed by atoms with Crippen LogP contribution in [-0.2, 0) is 19.7 Å². The van der Waals surface area contributed by atoms with Crippen LogP contribution in [0.2, 0.25) is 0 Å². The number of aliphatic hydroxyl groups excluding tert-OH is 1. The lowest BCUT2D eigenvalue weighted by Gasteiger charge is -1.95. The van der Waals surface area contributed by atoms with Gasteiger partial charge in [-0.2, -0.15) is 5.10 Å². The summed E-state index contributed by atoms with van der Waals surface area (Å²) in [6.45, 7) is 4.60. The summed E-state index contributed by atoms with van der Waals surface area (Å²) in [5.41, 5.74) is -0.149. The van der Waals surface area contributed by atoms with Gasteiger partial charge in [-0.15, -0.1) is 0 Å². The number of hydrogen-bond acceptors (Lipinski definition) is 3. The van der Waals surface area contributed by atoms with Crippen LogP contribution in [0, 0.1) is 0 Å². The highest BCUT2D eigenvalue weighted by atomic mass is 16.3. The van der Waals surface area contributed by atoms with Crippen LogP contribution in [0.25, 0.3) is 0 Å². The minimum absolute atomic E-state index is 0.149. The zero-order chi connectivity index (χ0) is 9.14. The first-order chi connectivity index (χ1) is 5.74. The molecule has 1 rings (SSSR count). The van der Waals surface area contributed by atoms with E-state index >= 15 is 0 Å². The summed E-state index contributed by atoms with van der Waals surface area (Å²) in [6, 6.07) is 0. The Morgan fingerprint density at radius 1 is 1.42 bits per heavy atom. The van der Waals surface area contributed by atoms with E-state index in [0.29, 0.717) is 18.9 Å². The Morgan fingerprint density at radius 2 is 2.08 bits per heavy atom. The molecule has 0 aliphatic heterocycles. The Balaban J connectivity index is 3.23. The maximum atomic E-state index is 11.4. The van der Waals surface area contributed by atoms with Crippen LogP contribution >= 0.6 is 0 Å². The predicted molar refractivity (Wildman–Crippen MR) is 43.8 cm³/mol. The summed E-state index contributed by atoms with van der Waals surface area (Å²) in [6.07, 6.45) is 0. The van der Waals surface area contributed by atoms with E-state index in [1.807, 2.05) is 13.8 Å². The zero-order valence-corrected chi connectivity index (χ0v) is 7.32. The molecule has 0 amide bonds. The van der Waals surface area contributed by atoms with Gasteiger partial charge in [-0.05, 0) is 13.8 Å². The van der Waals surface area contributed by atoms with Crippen LogP contribution < -0.4 is 5.69 Å². The van der Waals surface area contributed by atoms with Gasteiger partial charge in [0.05, 0.1) is 0 Å². The zero-order valence-electron chi connectivity index (χ0n) is 7.32. The number of aliphatic hydroxyl groups is 1. The van der Waals surface area contributed by atoms with E-state index in [0.717, 1.165) is 0 Å². The van der Waals surface area contributed by atoms with Gasteiger partial charge in [-0.1, -0.05) is 0 Å². The van der Waals surface area contributed by atoms with Crippen molar-refractivity contribution in [1.29, 1.82) is 0 Å². The molecule has 0 unspecified atom stereocenters. The molecule has 1 heterocycles. The molecule has 0 radical (unpaired) electrons. The second kappa shape index (κ2) is 3.53. The topological polar surface area (TPSA) is 60.0 Å². The average molecular weight is 171 g/mol. The molecule has 0 atom stereocenters. The largest absolute Gasteiger partial charge is 0.388 e. The highest BCUT2D eigenvalue weighted by molar-refractivity contribution is 4.84. The Hall–Kier alpha value is -1.10. The third-order valence-electron chi connectivity index (χ3n) is 1.76. The second-order valence-corrected chi connectivity index (χ2v) is 2.42. The van der Waals surface area contributed by atoms with Crippen molar-refractivity contribution in [3.05, 3.63) is 16.3 Å². The van der Waals surface area contributed by atoms with Crippen LogP contribution in [0.3, 0.4) is 0 Å². The fourth-order valence-electron chi connectivity index (χ4n) is 1.13. The smallest absolute Gasteiger partial charge is 0.345 e. The second-order valence-electron chi connectivity index (χ2n) is 2.42. The lowest BCUT2D eigenvalue weighted by molar-refractivity contribution is 0.264. The minimum atomic E-state index is -0.184. The number of aromatic nitrogens is 3. The molecule has 1 aromatic rings. The highest BCUT2D eigenvalue weighted by Gasteiger charge is 2.08. The molecule has 0 spiro atoms. The summed E-state index contributed by atoms with van der Waals surface area (Å²) < 4.78 is 2.80. The molecule has 5 nitrogen and oxygen atoms in total. The summed E-state index contributed by atoms with van der Waals surface area (Å²) in [5.74, 6) is 0.435. The van der Waals surface area contributed by atoms with Gasteiger partial charge in [-0.25, -0.2) is 9.48 Å². The predicted octanol–water partition coefficient (Wildman–Crippen LogP) is -0.423. The molecule has 0 saturated carbocycles. The number of nitrogens with zero attached hydrogens (tertiary/aromatic N) is 3. The van der Waals surface area contributed by atoms with Crippen LogP contribution in [0.15, 0.2) is 4.79 Å². The van der Waals surface area contributed by atoms with Crippen molar-refractivity contribution >= 4 is 0 Å². The maximum absolute atomic E-state index is 11.4. The Bertz CT molecular complexity index is 313. The minimum Gasteiger partial charge on any atom is -0.388 e. The SMILES string of the molecule is CCn1nc(CO)n(CC)c1=O. The summed E-state index contributed by atoms with van der Waals surface area (Å²) in [5, 5.41) is 12.8. The lowest BCUT2D eigenvalue weighted by Crippen LogP contribution is -2.24. The molecule has 68 valence electrons. The van der Waals surface area contributed by atoms with Crippen LogP contribution in [-0.4, -0.2) is 19.5 Å². The molecule has 12 heavy (non-hydrogen) atoms. The Labute approximate surface area is 70.2 Å². The van der Waals surface area contributed by atoms with E-state index in [1.54, 1.807) is 0 Å². The van der Waals surface area contributed by atoms with Crippen molar-refractivity contribution in [1.82, 2.24) is 14.3 Å². The average Bonchev–Trinajstić information content (AvgIpc) is 2.41. The van der Waals surface area contributed by atoms with Crippen molar-refractivity contribution in [2.24, 2.45) is 0 Å². The summed E-state index contributed by atoms with van der Waals surface area (Å²) in [7, 11) is 0. The van der Waals surface area contributed by atoms with Crippen molar-refractivity contribution in [2.75, 3.05) is 0 Å². The van der Waals surface area contributed by atoms with E-state index in [1.165, 1.54) is 9.25 Å². The summed E-state index contributed by atoms with van der Waals surface area (Å²) in [4.78, 5) is 11.4. The van der Waals surface area contributed by atoms with Gasteiger partial charge in [-0.3, -0.25) is 4.57 Å². The third-order valence-corrected chi connectivity index (χ3v) is 1.76. The first-order valence-electron chi connectivity index (χ1n) is 4.02. The van der Waals surface area contributed by atoms with Gasteiger partial charge in [0, 0.05) is 13.1 Å². The van der Waals surface area contributed by atoms with Gasteiger partial charge in [0.1, 0.15) is 6.61 Å². The van der Waals surface area contributed by atoms with E-state index in [-0.39, 0.29) is 12.3 Å². The van der Waals surface area contributed by atoms with Crippen LogP contribution in [0.4, 0.5) is 0 Å². The third kappa shape index (κ3) is 1.27. The number of aryl methyl sites for hydroxylation is 1. The fourth-order valence-corrected chi connectivity index (χ4v) is 1.13. The molecule has 0 bridgehead atoms. The molecule has 0 saturated heterocycles. The first kappa shape index (κ1) is 8.99. The highest BCUT2D eigenvalue weighted by Crippen LogP contribution is 1.91. The van der Waals surface area contributed by atoms with E-state index < -0.39 is 0 Å². The van der Waals surface area contributed by atoms with Crippen molar-refractivity contribution < 1.29 is 5.11 Å². The molecular weight excluding hydrogens is 158 g/mol. The normalized spacial score (nSPS) is 10.6. The van der Waals surface area contributed by atoms with Gasteiger partial charge >= 0.3 is 5.69 Å². The monoisotopic (exact) mass is 171 g/mol. The Morgan fingerprint density at radius 3 is 2.42 bits per heavy atom. The number of hydrogen-bond donors (Lipinski definition) is 1. The molecule has 1 N–H and O–H groups in total. The molecule has 0 aromatic carbocycles. The molecule has 0 aliphatic rings. The van der Waals surface area contributed by atoms with Gasteiger partial charge in [0.25, 0.3) is 0 Å². The molecule has 0 aliphatic carbocycles. The van der Waals surface area contributed by atoms with Gasteiger partial charge in [0.15, 0.2) is 5.82 Å². The van der Waals surface area contributed by atoms with E-state index in [9.17, 15) is 4.79 Å². The molecule has 5 heteroatoms. The number of rotatable bonds is 3. The van der Waals surface area contributed by atoms with Crippen molar-refractivity contribution in [3.63, 3.8) is 0 Å². The first-order valence-corrected chi connectivity index (χ1v) is 4.02. The molecule has 1 aromatic heterocycles. The molecule has 0 fully saturated rings. The lowest BCUT2D eigenvalue weighted by atomic mass is 10.6. The quantitative estimate of drug-likeness (QED) is 0.671.